The van der Waals surface area contributed by atoms with E-state index in [2.05, 4.69) is 4.74 Å². The number of ether oxygens (including phenoxy) is 2. The zero-order valence-electron chi connectivity index (χ0n) is 8.65. The number of carbonyl (C=O) groups excluding carboxylic acids is 2. The van der Waals surface area contributed by atoms with Crippen molar-refractivity contribution >= 4 is 12.3 Å². The van der Waals surface area contributed by atoms with E-state index >= 15 is 0 Å². The Bertz CT molecular complexity index is 371. The van der Waals surface area contributed by atoms with Crippen LogP contribution in [0, 0.1) is 6.92 Å². The molecule has 4 nitrogen and oxygen atoms in total. The van der Waals surface area contributed by atoms with E-state index in [0.717, 1.165) is 5.56 Å². The van der Waals surface area contributed by atoms with Crippen LogP contribution in [0.2, 0.25) is 0 Å². The molecule has 0 aliphatic rings. The van der Waals surface area contributed by atoms with Gasteiger partial charge in [-0.3, -0.25) is 4.79 Å². The van der Waals surface area contributed by atoms with Crippen LogP contribution in [-0.2, 0) is 9.53 Å². The molecule has 0 aromatic heterocycles. The highest BCUT2D eigenvalue weighted by atomic mass is 16.6. The highest BCUT2D eigenvalue weighted by Crippen LogP contribution is 2.17. The molecule has 0 saturated carbocycles. The molecule has 1 rings (SSSR count). The largest absolute Gasteiger partial charge is 0.481 e. The number of methoxy groups -OCH3 is 1. The van der Waals surface area contributed by atoms with Gasteiger partial charge >= 0.3 is 5.97 Å². The lowest BCUT2D eigenvalue weighted by Gasteiger charge is -2.07. The predicted molar refractivity (Wildman–Crippen MR) is 54.1 cm³/mol. The molecule has 0 radical (unpaired) electrons. The number of hydrogen-bond donors (Lipinski definition) is 0. The number of hydrogen-bond acceptors (Lipinski definition) is 4. The Labute approximate surface area is 87.8 Å². The number of rotatable bonds is 4. The maximum absolute atomic E-state index is 10.8. The predicted octanol–water partition coefficient (Wildman–Crippen LogP) is 1.36. The van der Waals surface area contributed by atoms with E-state index in [-0.39, 0.29) is 6.61 Å². The van der Waals surface area contributed by atoms with Gasteiger partial charge < -0.3 is 9.47 Å². The average molecular weight is 208 g/mol. The van der Waals surface area contributed by atoms with Crippen LogP contribution in [0.5, 0.6) is 5.75 Å². The molecule has 80 valence electrons. The van der Waals surface area contributed by atoms with Gasteiger partial charge in [0.1, 0.15) is 5.75 Å². The minimum absolute atomic E-state index is 0.194. The lowest BCUT2D eigenvalue weighted by atomic mass is 10.1. The van der Waals surface area contributed by atoms with E-state index in [1.165, 1.54) is 7.11 Å². The smallest absolute Gasteiger partial charge is 0.343 e. The zero-order chi connectivity index (χ0) is 11.3. The standard InChI is InChI=1S/C11H12O4/c1-8-3-4-10(9(5-8)6-12)15-7-11(13)14-2/h3-6H,7H2,1-2H3. The Morgan fingerprint density at radius 2 is 2.20 bits per heavy atom. The molecule has 0 aliphatic heterocycles. The summed E-state index contributed by atoms with van der Waals surface area (Å²) in [5.74, 6) is -0.0894. The minimum atomic E-state index is -0.479. The van der Waals surface area contributed by atoms with Gasteiger partial charge in [0.25, 0.3) is 0 Å². The molecule has 0 aliphatic carbocycles. The van der Waals surface area contributed by atoms with Gasteiger partial charge in [-0.1, -0.05) is 11.6 Å². The quantitative estimate of drug-likeness (QED) is 0.553. The van der Waals surface area contributed by atoms with E-state index in [4.69, 9.17) is 4.74 Å². The molecule has 0 atom stereocenters. The van der Waals surface area contributed by atoms with Gasteiger partial charge in [-0.25, -0.2) is 4.79 Å². The van der Waals surface area contributed by atoms with Gasteiger partial charge in [-0.2, -0.15) is 0 Å². The first-order chi connectivity index (χ1) is 7.17. The summed E-state index contributed by atoms with van der Waals surface area (Å²) in [6.07, 6.45) is 0.694. The lowest BCUT2D eigenvalue weighted by Crippen LogP contribution is -2.13. The fourth-order valence-electron chi connectivity index (χ4n) is 1.09. The highest BCUT2D eigenvalue weighted by molar-refractivity contribution is 5.80. The second-order valence-electron chi connectivity index (χ2n) is 3.02. The van der Waals surface area contributed by atoms with Crippen LogP contribution in [-0.4, -0.2) is 26.0 Å². The number of carbonyl (C=O) groups is 2. The van der Waals surface area contributed by atoms with Crippen LogP contribution < -0.4 is 4.74 Å². The molecule has 0 bridgehead atoms. The van der Waals surface area contributed by atoms with E-state index in [1.54, 1.807) is 18.2 Å². The van der Waals surface area contributed by atoms with E-state index < -0.39 is 5.97 Å². The monoisotopic (exact) mass is 208 g/mol. The summed E-state index contributed by atoms with van der Waals surface area (Å²) >= 11 is 0. The van der Waals surface area contributed by atoms with E-state index in [9.17, 15) is 9.59 Å². The number of esters is 1. The summed E-state index contributed by atoms with van der Waals surface area (Å²) in [6, 6.07) is 5.15. The average Bonchev–Trinajstić information content (AvgIpc) is 2.26. The molecule has 0 N–H and O–H groups in total. The molecule has 0 fully saturated rings. The summed E-state index contributed by atoms with van der Waals surface area (Å²) in [4.78, 5) is 21.5. The molecule has 0 heterocycles. The molecule has 0 spiro atoms. The molecule has 15 heavy (non-hydrogen) atoms. The lowest BCUT2D eigenvalue weighted by molar-refractivity contribution is -0.142. The maximum Gasteiger partial charge on any atom is 0.343 e. The molecule has 0 saturated heterocycles. The maximum atomic E-state index is 10.8. The van der Waals surface area contributed by atoms with Crippen molar-refractivity contribution in [2.24, 2.45) is 0 Å². The van der Waals surface area contributed by atoms with E-state index in [0.29, 0.717) is 17.6 Å². The molecule has 1 aromatic rings. The van der Waals surface area contributed by atoms with Gasteiger partial charge in [-0.05, 0) is 19.1 Å². The number of aryl methyl sites for hydroxylation is 1. The first-order valence-electron chi connectivity index (χ1n) is 4.43. The summed E-state index contributed by atoms with van der Waals surface area (Å²) in [7, 11) is 1.28. The van der Waals surface area contributed by atoms with Crippen molar-refractivity contribution < 1.29 is 19.1 Å². The Balaban J connectivity index is 2.76. The summed E-state index contributed by atoms with van der Waals surface area (Å²) < 4.78 is 9.55. The van der Waals surface area contributed by atoms with Gasteiger partial charge in [0, 0.05) is 0 Å². The Hall–Kier alpha value is -1.84. The molecular weight excluding hydrogens is 196 g/mol. The Morgan fingerprint density at radius 3 is 2.80 bits per heavy atom. The van der Waals surface area contributed by atoms with Crippen molar-refractivity contribution in [3.05, 3.63) is 29.3 Å². The third-order valence-corrected chi connectivity index (χ3v) is 1.87. The fourth-order valence-corrected chi connectivity index (χ4v) is 1.09. The zero-order valence-corrected chi connectivity index (χ0v) is 8.65. The minimum Gasteiger partial charge on any atom is -0.481 e. The second-order valence-corrected chi connectivity index (χ2v) is 3.02. The van der Waals surface area contributed by atoms with Crippen molar-refractivity contribution in [2.45, 2.75) is 6.92 Å². The third-order valence-electron chi connectivity index (χ3n) is 1.87. The van der Waals surface area contributed by atoms with Crippen LogP contribution >= 0.6 is 0 Å². The van der Waals surface area contributed by atoms with Crippen molar-refractivity contribution in [1.82, 2.24) is 0 Å². The van der Waals surface area contributed by atoms with Crippen LogP contribution in [0.4, 0.5) is 0 Å². The van der Waals surface area contributed by atoms with Crippen molar-refractivity contribution in [3.8, 4) is 5.75 Å². The van der Waals surface area contributed by atoms with Gasteiger partial charge in [-0.15, -0.1) is 0 Å². The van der Waals surface area contributed by atoms with Crippen LogP contribution in [0.3, 0.4) is 0 Å². The molecule has 1 aromatic carbocycles. The van der Waals surface area contributed by atoms with Crippen LogP contribution in [0.15, 0.2) is 18.2 Å². The van der Waals surface area contributed by atoms with E-state index in [1.807, 2.05) is 6.92 Å². The first-order valence-corrected chi connectivity index (χ1v) is 4.43. The van der Waals surface area contributed by atoms with Crippen molar-refractivity contribution in [2.75, 3.05) is 13.7 Å². The van der Waals surface area contributed by atoms with Gasteiger partial charge in [0.05, 0.1) is 12.7 Å². The molecule has 4 heteroatoms. The first kappa shape index (κ1) is 11.2. The van der Waals surface area contributed by atoms with Crippen molar-refractivity contribution in [1.29, 1.82) is 0 Å². The Morgan fingerprint density at radius 1 is 1.47 bits per heavy atom. The molecule has 0 unspecified atom stereocenters. The summed E-state index contributed by atoms with van der Waals surface area (Å²) in [5, 5.41) is 0. The highest BCUT2D eigenvalue weighted by Gasteiger charge is 2.06. The van der Waals surface area contributed by atoms with Gasteiger partial charge in [0.15, 0.2) is 12.9 Å². The SMILES string of the molecule is COC(=O)COc1ccc(C)cc1C=O. The molecule has 0 amide bonds. The van der Waals surface area contributed by atoms with Gasteiger partial charge in [0.2, 0.25) is 0 Å². The second kappa shape index (κ2) is 5.14. The topological polar surface area (TPSA) is 52.6 Å². The Kier molecular flexibility index (Phi) is 3.85. The number of aldehydes is 1. The number of benzene rings is 1. The summed E-state index contributed by atoms with van der Waals surface area (Å²) in [5.41, 5.74) is 1.39. The normalized spacial score (nSPS) is 9.47. The van der Waals surface area contributed by atoms with Crippen LogP contribution in [0.1, 0.15) is 15.9 Å². The van der Waals surface area contributed by atoms with Crippen molar-refractivity contribution in [3.63, 3.8) is 0 Å². The summed E-state index contributed by atoms with van der Waals surface area (Å²) in [6.45, 7) is 1.68. The van der Waals surface area contributed by atoms with Crippen LogP contribution in [0.25, 0.3) is 0 Å². The molecular formula is C11H12O4. The fraction of sp³-hybridized carbons (Fsp3) is 0.273. The third kappa shape index (κ3) is 3.09.